The molecule has 1 heteroatoms. The maximum absolute atomic E-state index is 2.46. The number of fused-ring (bicyclic) bond motifs is 2. The van der Waals surface area contributed by atoms with E-state index < -0.39 is 0 Å². The number of rotatable bonds is 0. The molecule has 0 aromatic rings. The Morgan fingerprint density at radius 3 is 1.89 bits per heavy atom. The Labute approximate surface area is 58.8 Å². The van der Waals surface area contributed by atoms with Crippen molar-refractivity contribution in [3.05, 3.63) is 0 Å². The van der Waals surface area contributed by atoms with E-state index in [1.165, 1.54) is 0 Å². The minimum Gasteiger partial charge on any atom is -0.101 e. The molecule has 4 atom stereocenters. The fourth-order valence-electron chi connectivity index (χ4n) is 2.57. The van der Waals surface area contributed by atoms with Gasteiger partial charge in [0.1, 0.15) is 0 Å². The van der Waals surface area contributed by atoms with E-state index in [0.29, 0.717) is 7.92 Å². The summed E-state index contributed by atoms with van der Waals surface area (Å²) in [5.74, 6) is 1.15. The van der Waals surface area contributed by atoms with E-state index in [2.05, 4.69) is 13.8 Å². The van der Waals surface area contributed by atoms with Gasteiger partial charge in [-0.1, -0.05) is 13.8 Å². The number of hydrogen-bond donors (Lipinski definition) is 0. The van der Waals surface area contributed by atoms with Crippen molar-refractivity contribution in [1.29, 1.82) is 0 Å². The summed E-state index contributed by atoms with van der Waals surface area (Å²) in [7, 11) is 0.509. The van der Waals surface area contributed by atoms with E-state index in [4.69, 9.17) is 0 Å². The molecule has 0 aromatic carbocycles. The first kappa shape index (κ1) is 6.16. The third-order valence-electron chi connectivity index (χ3n) is 2.95. The molecule has 0 spiro atoms. The van der Waals surface area contributed by atoms with E-state index in [1.54, 1.807) is 19.0 Å². The summed E-state index contributed by atoms with van der Waals surface area (Å²) in [5, 5.41) is 0. The fourth-order valence-corrected chi connectivity index (χ4v) is 6.19. The van der Waals surface area contributed by atoms with Crippen molar-refractivity contribution in [3.63, 3.8) is 0 Å². The SMILES string of the molecule is C[C@@H]1CC2C[C@H](C)P1C2. The second-order valence-electron chi connectivity index (χ2n) is 3.73. The Hall–Kier alpha value is 0.430. The Balaban J connectivity index is 2.13. The summed E-state index contributed by atoms with van der Waals surface area (Å²) < 4.78 is 0. The third-order valence-corrected chi connectivity index (χ3v) is 6.57. The third kappa shape index (κ3) is 0.835. The van der Waals surface area contributed by atoms with Gasteiger partial charge < -0.3 is 0 Å². The molecule has 2 unspecified atom stereocenters. The summed E-state index contributed by atoms with van der Waals surface area (Å²) in [6, 6.07) is 0. The summed E-state index contributed by atoms with van der Waals surface area (Å²) in [6.07, 6.45) is 4.75. The van der Waals surface area contributed by atoms with Gasteiger partial charge in [0.05, 0.1) is 0 Å². The van der Waals surface area contributed by atoms with Crippen molar-refractivity contribution in [3.8, 4) is 0 Å². The highest BCUT2D eigenvalue weighted by Gasteiger charge is 2.41. The fraction of sp³-hybridized carbons (Fsp3) is 1.00. The first-order valence-corrected chi connectivity index (χ1v) is 5.69. The van der Waals surface area contributed by atoms with Crippen LogP contribution in [0.5, 0.6) is 0 Å². The molecule has 0 saturated carbocycles. The van der Waals surface area contributed by atoms with Gasteiger partial charge in [0.15, 0.2) is 0 Å². The van der Waals surface area contributed by atoms with Crippen molar-refractivity contribution in [2.45, 2.75) is 38.0 Å². The second-order valence-corrected chi connectivity index (χ2v) is 6.89. The molecule has 2 saturated heterocycles. The molecular weight excluding hydrogens is 127 g/mol. The molecule has 2 rings (SSSR count). The van der Waals surface area contributed by atoms with E-state index in [-0.39, 0.29) is 0 Å². The predicted molar refractivity (Wildman–Crippen MR) is 43.4 cm³/mol. The van der Waals surface area contributed by atoms with Crippen molar-refractivity contribution in [1.82, 2.24) is 0 Å². The van der Waals surface area contributed by atoms with E-state index in [1.807, 2.05) is 0 Å². The maximum Gasteiger partial charge on any atom is -0.0232 e. The van der Waals surface area contributed by atoms with Gasteiger partial charge in [-0.05, 0) is 36.2 Å². The molecule has 2 bridgehead atoms. The average molecular weight is 142 g/mol. The average Bonchev–Trinajstić information content (AvgIpc) is 2.22. The smallest absolute Gasteiger partial charge is 0.0232 e. The van der Waals surface area contributed by atoms with Gasteiger partial charge >= 0.3 is 0 Å². The van der Waals surface area contributed by atoms with Crippen LogP contribution in [-0.2, 0) is 0 Å². The molecule has 52 valence electrons. The molecule has 2 fully saturated rings. The predicted octanol–water partition coefficient (Wildman–Crippen LogP) is 2.67. The van der Waals surface area contributed by atoms with Crippen LogP contribution in [0.25, 0.3) is 0 Å². The Kier molecular flexibility index (Phi) is 1.34. The van der Waals surface area contributed by atoms with Crippen LogP contribution in [0.4, 0.5) is 0 Å². The highest BCUT2D eigenvalue weighted by Crippen LogP contribution is 2.63. The maximum atomic E-state index is 2.46. The van der Waals surface area contributed by atoms with Crippen LogP contribution >= 0.6 is 7.92 Å². The molecule has 0 amide bonds. The lowest BCUT2D eigenvalue weighted by Crippen LogP contribution is -2.10. The van der Waals surface area contributed by atoms with Crippen LogP contribution in [0.2, 0.25) is 0 Å². The minimum atomic E-state index is 0.509. The Morgan fingerprint density at radius 2 is 1.67 bits per heavy atom. The van der Waals surface area contributed by atoms with Crippen molar-refractivity contribution < 1.29 is 0 Å². The molecule has 0 aromatic heterocycles. The number of hydrogen-bond acceptors (Lipinski definition) is 0. The largest absolute Gasteiger partial charge is 0.101 e. The van der Waals surface area contributed by atoms with Gasteiger partial charge in [-0.15, -0.1) is 7.92 Å². The van der Waals surface area contributed by atoms with E-state index in [0.717, 1.165) is 17.2 Å². The zero-order valence-electron chi connectivity index (χ0n) is 6.30. The van der Waals surface area contributed by atoms with Gasteiger partial charge in [-0.2, -0.15) is 0 Å². The van der Waals surface area contributed by atoms with Gasteiger partial charge in [-0.3, -0.25) is 0 Å². The lowest BCUT2D eigenvalue weighted by atomic mass is 10.0. The van der Waals surface area contributed by atoms with Crippen LogP contribution in [0.1, 0.15) is 26.7 Å². The molecule has 2 aliphatic heterocycles. The monoisotopic (exact) mass is 142 g/mol. The first-order chi connectivity index (χ1) is 4.27. The van der Waals surface area contributed by atoms with Gasteiger partial charge in [0.25, 0.3) is 0 Å². The van der Waals surface area contributed by atoms with Crippen molar-refractivity contribution in [2.75, 3.05) is 6.16 Å². The van der Waals surface area contributed by atoms with Gasteiger partial charge in [0.2, 0.25) is 0 Å². The zero-order chi connectivity index (χ0) is 6.43. The Morgan fingerprint density at radius 1 is 1.11 bits per heavy atom. The minimum absolute atomic E-state index is 0.509. The molecule has 2 aliphatic rings. The zero-order valence-corrected chi connectivity index (χ0v) is 7.20. The standard InChI is InChI=1S/C8H15P/c1-6-3-8-4-7(2)9(6)5-8/h6-8H,3-5H2,1-2H3/t6-,7+,8?,9?. The molecule has 0 nitrogen and oxygen atoms in total. The first-order valence-electron chi connectivity index (χ1n) is 4.03. The second kappa shape index (κ2) is 1.95. The van der Waals surface area contributed by atoms with Crippen LogP contribution in [0.15, 0.2) is 0 Å². The normalized spacial score (nSPS) is 56.7. The lowest BCUT2D eigenvalue weighted by molar-refractivity contribution is 0.520. The van der Waals surface area contributed by atoms with Crippen LogP contribution in [0, 0.1) is 5.92 Å². The van der Waals surface area contributed by atoms with Crippen LogP contribution in [-0.4, -0.2) is 17.5 Å². The van der Waals surface area contributed by atoms with Crippen LogP contribution < -0.4 is 0 Å². The highest BCUT2D eigenvalue weighted by atomic mass is 31.1. The molecule has 9 heavy (non-hydrogen) atoms. The molecular formula is C8H15P. The van der Waals surface area contributed by atoms with Crippen molar-refractivity contribution >= 4 is 7.92 Å². The quantitative estimate of drug-likeness (QED) is 0.456. The summed E-state index contributed by atoms with van der Waals surface area (Å²) in [6.45, 7) is 4.92. The molecule has 0 radical (unpaired) electrons. The lowest BCUT2D eigenvalue weighted by Gasteiger charge is -2.23. The molecule has 2 heterocycles. The summed E-state index contributed by atoms with van der Waals surface area (Å²) in [5.41, 5.74) is 2.24. The van der Waals surface area contributed by atoms with Gasteiger partial charge in [-0.25, -0.2) is 0 Å². The van der Waals surface area contributed by atoms with Crippen LogP contribution in [0.3, 0.4) is 0 Å². The van der Waals surface area contributed by atoms with E-state index >= 15 is 0 Å². The summed E-state index contributed by atoms with van der Waals surface area (Å²) >= 11 is 0. The van der Waals surface area contributed by atoms with Gasteiger partial charge in [0, 0.05) is 0 Å². The highest BCUT2D eigenvalue weighted by molar-refractivity contribution is 7.59. The summed E-state index contributed by atoms with van der Waals surface area (Å²) in [4.78, 5) is 0. The topological polar surface area (TPSA) is 0 Å². The van der Waals surface area contributed by atoms with E-state index in [9.17, 15) is 0 Å². The Bertz CT molecular complexity index is 110. The van der Waals surface area contributed by atoms with Crippen molar-refractivity contribution in [2.24, 2.45) is 5.92 Å². The molecule has 0 N–H and O–H groups in total. The molecule has 0 aliphatic carbocycles.